The number of carbonyl (C=O) groups excluding carboxylic acids is 2. The number of hydrogen-bond donors (Lipinski definition) is 1. The molecule has 27 heavy (non-hydrogen) atoms. The molecule has 1 aromatic heterocycles. The fourth-order valence-electron chi connectivity index (χ4n) is 3.21. The largest absolute Gasteiger partial charge is 0.317 e. The maximum Gasteiger partial charge on any atom is 0.226 e. The molecule has 0 saturated carbocycles. The Kier molecular flexibility index (Phi) is 5.81. The minimum absolute atomic E-state index is 0.0900. The number of nitrogens with one attached hydrogen (secondary N) is 1. The highest BCUT2D eigenvalue weighted by Crippen LogP contribution is 2.39. The maximum absolute atomic E-state index is 13.2. The van der Waals surface area contributed by atoms with Crippen molar-refractivity contribution in [3.63, 3.8) is 0 Å². The summed E-state index contributed by atoms with van der Waals surface area (Å²) >= 11 is 1.45. The van der Waals surface area contributed by atoms with E-state index in [2.05, 4.69) is 5.32 Å². The molecule has 0 fully saturated rings. The van der Waals surface area contributed by atoms with Gasteiger partial charge in [0.25, 0.3) is 0 Å². The lowest BCUT2D eigenvalue weighted by Crippen LogP contribution is -2.18. The van der Waals surface area contributed by atoms with Crippen molar-refractivity contribution in [2.75, 3.05) is 17.3 Å². The molecule has 0 radical (unpaired) electrons. The second-order valence-corrected chi connectivity index (χ2v) is 10.4. The van der Waals surface area contributed by atoms with Crippen molar-refractivity contribution in [2.45, 2.75) is 39.0 Å². The molecule has 0 saturated heterocycles. The Hall–Kier alpha value is -1.99. The minimum atomic E-state index is -3.21. The summed E-state index contributed by atoms with van der Waals surface area (Å²) in [4.78, 5) is 26.6. The zero-order chi connectivity index (χ0) is 19.6. The molecule has 5 nitrogen and oxygen atoms in total. The van der Waals surface area contributed by atoms with Crippen molar-refractivity contribution >= 4 is 37.9 Å². The third-order valence-electron chi connectivity index (χ3n) is 4.66. The average molecular weight is 406 g/mol. The first-order valence-electron chi connectivity index (χ1n) is 8.98. The van der Waals surface area contributed by atoms with Gasteiger partial charge in [0.2, 0.25) is 5.91 Å². The second kappa shape index (κ2) is 7.94. The molecular formula is C20H23NO4S2. The molecule has 144 valence electrons. The highest BCUT2D eigenvalue weighted by Gasteiger charge is 2.27. The van der Waals surface area contributed by atoms with Crippen LogP contribution >= 0.6 is 11.3 Å². The summed E-state index contributed by atoms with van der Waals surface area (Å²) in [6.07, 6.45) is 4.84. The number of rotatable bonds is 6. The molecule has 1 aliphatic carbocycles. The molecule has 1 aliphatic rings. The van der Waals surface area contributed by atoms with Crippen LogP contribution in [0.2, 0.25) is 0 Å². The Bertz CT molecular complexity index is 972. The van der Waals surface area contributed by atoms with Crippen molar-refractivity contribution in [3.8, 4) is 0 Å². The monoisotopic (exact) mass is 405 g/mol. The van der Waals surface area contributed by atoms with E-state index in [0.717, 1.165) is 47.9 Å². The third kappa shape index (κ3) is 4.84. The van der Waals surface area contributed by atoms with Gasteiger partial charge in [0.1, 0.15) is 14.8 Å². The summed E-state index contributed by atoms with van der Waals surface area (Å²) < 4.78 is 22.6. The molecule has 1 aromatic carbocycles. The SMILES string of the molecule is Cc1ccc(C(=O)c2c(NC(=O)CCS(C)(=O)=O)sc3c2CCCC3)cc1. The van der Waals surface area contributed by atoms with E-state index in [1.807, 2.05) is 19.1 Å². The van der Waals surface area contributed by atoms with Crippen LogP contribution in [-0.2, 0) is 27.5 Å². The summed E-state index contributed by atoms with van der Waals surface area (Å²) in [5, 5.41) is 3.34. The molecule has 0 aliphatic heterocycles. The Balaban J connectivity index is 1.92. The number of ketones is 1. The summed E-state index contributed by atoms with van der Waals surface area (Å²) in [6, 6.07) is 7.41. The Morgan fingerprint density at radius 2 is 1.78 bits per heavy atom. The van der Waals surface area contributed by atoms with Gasteiger partial charge in [0.05, 0.1) is 11.3 Å². The topological polar surface area (TPSA) is 80.3 Å². The zero-order valence-electron chi connectivity index (χ0n) is 15.5. The fourth-order valence-corrected chi connectivity index (χ4v) is 5.07. The normalized spacial score (nSPS) is 13.9. The highest BCUT2D eigenvalue weighted by molar-refractivity contribution is 7.90. The first kappa shape index (κ1) is 19.8. The number of amides is 1. The standard InChI is InChI=1S/C20H23NO4S2/c1-13-7-9-14(10-8-13)19(23)18-15-5-3-4-6-16(15)26-20(18)21-17(22)11-12-27(2,24)25/h7-10H,3-6,11-12H2,1-2H3,(H,21,22). The molecule has 1 heterocycles. The predicted molar refractivity (Wildman–Crippen MR) is 109 cm³/mol. The van der Waals surface area contributed by atoms with Gasteiger partial charge in [-0.2, -0.15) is 0 Å². The van der Waals surface area contributed by atoms with Crippen LogP contribution in [0.25, 0.3) is 0 Å². The Morgan fingerprint density at radius 1 is 1.11 bits per heavy atom. The molecule has 3 rings (SSSR count). The smallest absolute Gasteiger partial charge is 0.226 e. The van der Waals surface area contributed by atoms with E-state index in [9.17, 15) is 18.0 Å². The van der Waals surface area contributed by atoms with Crippen LogP contribution in [-0.4, -0.2) is 32.1 Å². The van der Waals surface area contributed by atoms with Gasteiger partial charge in [-0.25, -0.2) is 8.42 Å². The summed E-state index contributed by atoms with van der Waals surface area (Å²) in [5.41, 5.74) is 3.29. The molecule has 1 amide bonds. The van der Waals surface area contributed by atoms with Gasteiger partial charge in [0.15, 0.2) is 5.78 Å². The quantitative estimate of drug-likeness (QED) is 0.746. The maximum atomic E-state index is 13.2. The van der Waals surface area contributed by atoms with Crippen molar-refractivity contribution in [1.29, 1.82) is 0 Å². The third-order valence-corrected chi connectivity index (χ3v) is 6.82. The second-order valence-electron chi connectivity index (χ2n) is 7.04. The summed E-state index contributed by atoms with van der Waals surface area (Å²) in [5.74, 6) is -0.671. The molecule has 0 bridgehead atoms. The van der Waals surface area contributed by atoms with Crippen LogP contribution in [0, 0.1) is 6.92 Å². The van der Waals surface area contributed by atoms with Gasteiger partial charge >= 0.3 is 0 Å². The van der Waals surface area contributed by atoms with E-state index in [0.29, 0.717) is 16.1 Å². The van der Waals surface area contributed by atoms with Crippen molar-refractivity contribution in [3.05, 3.63) is 51.4 Å². The number of benzene rings is 1. The van der Waals surface area contributed by atoms with Gasteiger partial charge in [-0.3, -0.25) is 9.59 Å². The van der Waals surface area contributed by atoms with Crippen LogP contribution in [0.15, 0.2) is 24.3 Å². The molecule has 0 atom stereocenters. The van der Waals surface area contributed by atoms with Crippen LogP contribution < -0.4 is 5.32 Å². The lowest BCUT2D eigenvalue weighted by atomic mass is 9.91. The minimum Gasteiger partial charge on any atom is -0.317 e. The molecule has 7 heteroatoms. The molecule has 0 unspecified atom stereocenters. The van der Waals surface area contributed by atoms with Gasteiger partial charge in [-0.1, -0.05) is 29.8 Å². The predicted octanol–water partition coefficient (Wildman–Crippen LogP) is 3.54. The molecule has 1 N–H and O–H groups in total. The van der Waals surface area contributed by atoms with E-state index >= 15 is 0 Å². The van der Waals surface area contributed by atoms with Gasteiger partial charge < -0.3 is 5.32 Å². The van der Waals surface area contributed by atoms with Crippen LogP contribution in [0.4, 0.5) is 5.00 Å². The lowest BCUT2D eigenvalue weighted by Gasteiger charge is -2.13. The number of sulfone groups is 1. The van der Waals surface area contributed by atoms with Gasteiger partial charge in [-0.05, 0) is 38.2 Å². The van der Waals surface area contributed by atoms with Crippen molar-refractivity contribution < 1.29 is 18.0 Å². The van der Waals surface area contributed by atoms with E-state index in [4.69, 9.17) is 0 Å². The first-order valence-corrected chi connectivity index (χ1v) is 11.9. The Labute approximate surface area is 163 Å². The van der Waals surface area contributed by atoms with Gasteiger partial charge in [0, 0.05) is 23.1 Å². The van der Waals surface area contributed by atoms with E-state index in [1.54, 1.807) is 12.1 Å². The van der Waals surface area contributed by atoms with E-state index < -0.39 is 9.84 Å². The number of fused-ring (bicyclic) bond motifs is 1. The van der Waals surface area contributed by atoms with Crippen LogP contribution in [0.1, 0.15) is 51.2 Å². The zero-order valence-corrected chi connectivity index (χ0v) is 17.1. The number of hydrogen-bond acceptors (Lipinski definition) is 5. The van der Waals surface area contributed by atoms with Crippen molar-refractivity contribution in [1.82, 2.24) is 0 Å². The van der Waals surface area contributed by atoms with Gasteiger partial charge in [-0.15, -0.1) is 11.3 Å². The number of anilines is 1. The highest BCUT2D eigenvalue weighted by atomic mass is 32.2. The van der Waals surface area contributed by atoms with E-state index in [-0.39, 0.29) is 23.9 Å². The summed E-state index contributed by atoms with van der Waals surface area (Å²) in [6.45, 7) is 1.97. The van der Waals surface area contributed by atoms with E-state index in [1.165, 1.54) is 11.3 Å². The Morgan fingerprint density at radius 3 is 2.44 bits per heavy atom. The molecule has 2 aromatic rings. The fraction of sp³-hybridized carbons (Fsp3) is 0.400. The van der Waals surface area contributed by atoms with Crippen LogP contribution in [0.3, 0.4) is 0 Å². The van der Waals surface area contributed by atoms with Crippen LogP contribution in [0.5, 0.6) is 0 Å². The number of thiophene rings is 1. The van der Waals surface area contributed by atoms with Crippen molar-refractivity contribution in [2.24, 2.45) is 0 Å². The lowest BCUT2D eigenvalue weighted by molar-refractivity contribution is -0.115. The average Bonchev–Trinajstić information content (AvgIpc) is 2.97. The first-order chi connectivity index (χ1) is 12.7. The summed E-state index contributed by atoms with van der Waals surface area (Å²) in [7, 11) is -3.21. The number of aryl methyl sites for hydroxylation is 2. The molecule has 0 spiro atoms. The number of carbonyl (C=O) groups is 2. The molecular weight excluding hydrogens is 382 g/mol.